The summed E-state index contributed by atoms with van der Waals surface area (Å²) in [7, 11) is -1.93. The average molecular weight is 485 g/mol. The Hall–Kier alpha value is -3.37. The van der Waals surface area contributed by atoms with Crippen LogP contribution in [-0.2, 0) is 26.0 Å². The van der Waals surface area contributed by atoms with Gasteiger partial charge in [-0.15, -0.1) is 0 Å². The lowest BCUT2D eigenvalue weighted by atomic mass is 10.1. The Morgan fingerprint density at radius 3 is 2.68 bits per heavy atom. The number of carbonyl (C=O) groups is 2. The molecule has 1 saturated heterocycles. The summed E-state index contributed by atoms with van der Waals surface area (Å²) in [5.74, 6) is 0.00921. The topological polar surface area (TPSA) is 121 Å². The fourth-order valence-corrected chi connectivity index (χ4v) is 5.19. The number of sulfonamides is 1. The molecule has 0 unspecified atom stereocenters. The third kappa shape index (κ3) is 5.07. The molecule has 2 aromatic carbocycles. The molecule has 34 heavy (non-hydrogen) atoms. The van der Waals surface area contributed by atoms with E-state index in [4.69, 9.17) is 4.74 Å². The van der Waals surface area contributed by atoms with Crippen LogP contribution in [0, 0.1) is 5.92 Å². The van der Waals surface area contributed by atoms with Crippen molar-refractivity contribution < 1.29 is 22.7 Å². The largest absolute Gasteiger partial charge is 0.497 e. The van der Waals surface area contributed by atoms with E-state index in [0.717, 1.165) is 22.2 Å². The molecular weight excluding hydrogens is 456 g/mol. The van der Waals surface area contributed by atoms with Crippen LogP contribution in [0.1, 0.15) is 18.9 Å². The van der Waals surface area contributed by atoms with E-state index < -0.39 is 15.9 Å². The summed E-state index contributed by atoms with van der Waals surface area (Å²) in [6.07, 6.45) is 2.75. The van der Waals surface area contributed by atoms with Gasteiger partial charge in [0.15, 0.2) is 0 Å². The molecule has 2 amide bonds. The van der Waals surface area contributed by atoms with Crippen LogP contribution in [0.15, 0.2) is 53.6 Å². The highest BCUT2D eigenvalue weighted by Gasteiger charge is 2.34. The maximum Gasteiger partial charge on any atom is 0.240 e. The molecule has 0 saturated carbocycles. The summed E-state index contributed by atoms with van der Waals surface area (Å²) in [5, 5.41) is 3.85. The van der Waals surface area contributed by atoms with E-state index in [1.165, 1.54) is 12.1 Å². The Bertz CT molecular complexity index is 1300. The number of rotatable bonds is 9. The number of carbonyl (C=O) groups excluding carboxylic acids is 2. The molecule has 2 heterocycles. The quantitative estimate of drug-likeness (QED) is 0.431. The SMILES string of the molecule is CCNS(=O)(=O)c1ccc(NC(=O)[C@H]2CC(=O)N(CCc3c[nH]c4ccc(OC)cc34)C2)cc1. The molecule has 0 radical (unpaired) electrons. The molecule has 0 spiro atoms. The van der Waals surface area contributed by atoms with Gasteiger partial charge in [0.25, 0.3) is 0 Å². The van der Waals surface area contributed by atoms with Crippen LogP contribution in [0.3, 0.4) is 0 Å². The predicted octanol–water partition coefficient (Wildman–Crippen LogP) is 2.50. The van der Waals surface area contributed by atoms with Crippen LogP contribution < -0.4 is 14.8 Å². The molecule has 10 heteroatoms. The zero-order chi connectivity index (χ0) is 24.3. The van der Waals surface area contributed by atoms with Gasteiger partial charge in [-0.25, -0.2) is 13.1 Å². The lowest BCUT2D eigenvalue weighted by Gasteiger charge is -2.16. The van der Waals surface area contributed by atoms with Crippen molar-refractivity contribution >= 4 is 38.4 Å². The second-order valence-corrected chi connectivity index (χ2v) is 10.00. The Morgan fingerprint density at radius 1 is 1.21 bits per heavy atom. The van der Waals surface area contributed by atoms with Gasteiger partial charge < -0.3 is 19.9 Å². The van der Waals surface area contributed by atoms with Gasteiger partial charge in [-0.2, -0.15) is 0 Å². The zero-order valence-electron chi connectivity index (χ0n) is 19.1. The molecule has 1 aliphatic heterocycles. The number of aromatic nitrogens is 1. The highest BCUT2D eigenvalue weighted by Crippen LogP contribution is 2.26. The van der Waals surface area contributed by atoms with E-state index in [1.54, 1.807) is 31.1 Å². The smallest absolute Gasteiger partial charge is 0.240 e. The number of amides is 2. The van der Waals surface area contributed by atoms with Crippen molar-refractivity contribution in [2.45, 2.75) is 24.7 Å². The van der Waals surface area contributed by atoms with Crippen molar-refractivity contribution in [1.82, 2.24) is 14.6 Å². The number of hydrogen-bond donors (Lipinski definition) is 3. The molecule has 3 N–H and O–H groups in total. The maximum atomic E-state index is 12.7. The number of ether oxygens (including phenoxy) is 1. The van der Waals surface area contributed by atoms with Gasteiger partial charge in [0.05, 0.1) is 17.9 Å². The summed E-state index contributed by atoms with van der Waals surface area (Å²) in [5.41, 5.74) is 2.58. The van der Waals surface area contributed by atoms with Gasteiger partial charge in [0.1, 0.15) is 5.75 Å². The van der Waals surface area contributed by atoms with E-state index in [-0.39, 0.29) is 23.1 Å². The molecule has 4 rings (SSSR count). The number of likely N-dealkylation sites (tertiary alicyclic amines) is 1. The standard InChI is InChI=1S/C24H28N4O5S/c1-3-26-34(31,32)20-7-4-18(5-8-20)27-24(30)17-12-23(29)28(15-17)11-10-16-14-25-22-9-6-19(33-2)13-21(16)22/h4-9,13-14,17,25-26H,3,10-12,15H2,1-2H3,(H,27,30)/t17-/m0/s1. The van der Waals surface area contributed by atoms with Crippen molar-refractivity contribution in [3.8, 4) is 5.75 Å². The number of nitrogens with zero attached hydrogens (tertiary/aromatic N) is 1. The number of anilines is 1. The third-order valence-corrected chi connectivity index (χ3v) is 7.54. The molecule has 1 fully saturated rings. The fourth-order valence-electron chi connectivity index (χ4n) is 4.15. The molecule has 180 valence electrons. The highest BCUT2D eigenvalue weighted by atomic mass is 32.2. The molecule has 1 aromatic heterocycles. The summed E-state index contributed by atoms with van der Waals surface area (Å²) < 4.78 is 31.8. The van der Waals surface area contributed by atoms with Crippen molar-refractivity contribution in [3.05, 3.63) is 54.2 Å². The number of nitrogens with one attached hydrogen (secondary N) is 3. The van der Waals surface area contributed by atoms with Crippen molar-refractivity contribution in [1.29, 1.82) is 0 Å². The Labute approximate surface area is 198 Å². The van der Waals surface area contributed by atoms with Gasteiger partial charge in [0, 0.05) is 48.8 Å². The van der Waals surface area contributed by atoms with E-state index in [0.29, 0.717) is 31.7 Å². The van der Waals surface area contributed by atoms with Crippen LogP contribution >= 0.6 is 0 Å². The van der Waals surface area contributed by atoms with Crippen molar-refractivity contribution in [2.24, 2.45) is 5.92 Å². The Balaban J connectivity index is 1.35. The van der Waals surface area contributed by atoms with Crippen LogP contribution in [0.4, 0.5) is 5.69 Å². The average Bonchev–Trinajstić information content (AvgIpc) is 3.40. The molecule has 0 bridgehead atoms. The van der Waals surface area contributed by atoms with E-state index >= 15 is 0 Å². The van der Waals surface area contributed by atoms with Crippen LogP contribution in [-0.4, -0.2) is 56.9 Å². The van der Waals surface area contributed by atoms with Crippen molar-refractivity contribution in [2.75, 3.05) is 32.1 Å². The maximum absolute atomic E-state index is 12.7. The fraction of sp³-hybridized carbons (Fsp3) is 0.333. The number of aromatic amines is 1. The summed E-state index contributed by atoms with van der Waals surface area (Å²) in [4.78, 5) is 30.3. The normalized spacial score (nSPS) is 16.2. The molecule has 0 aliphatic carbocycles. The van der Waals surface area contributed by atoms with E-state index in [1.807, 2.05) is 24.4 Å². The minimum absolute atomic E-state index is 0.0512. The minimum Gasteiger partial charge on any atom is -0.497 e. The van der Waals surface area contributed by atoms with Gasteiger partial charge in [-0.05, 0) is 54.4 Å². The Morgan fingerprint density at radius 2 is 1.97 bits per heavy atom. The van der Waals surface area contributed by atoms with Crippen LogP contribution in [0.25, 0.3) is 10.9 Å². The Kier molecular flexibility index (Phi) is 6.90. The molecule has 1 aliphatic rings. The second kappa shape index (κ2) is 9.86. The summed E-state index contributed by atoms with van der Waals surface area (Å²) in [6.45, 7) is 2.87. The first-order valence-electron chi connectivity index (χ1n) is 11.1. The van der Waals surface area contributed by atoms with E-state index in [2.05, 4.69) is 15.0 Å². The minimum atomic E-state index is -3.55. The first-order chi connectivity index (χ1) is 16.3. The number of hydrogen-bond acceptors (Lipinski definition) is 5. The molecule has 9 nitrogen and oxygen atoms in total. The van der Waals surface area contributed by atoms with Crippen LogP contribution in [0.5, 0.6) is 5.75 Å². The lowest BCUT2D eigenvalue weighted by Crippen LogP contribution is -2.30. The number of fused-ring (bicyclic) bond motifs is 1. The van der Waals surface area contributed by atoms with Gasteiger partial charge >= 0.3 is 0 Å². The lowest BCUT2D eigenvalue weighted by molar-refractivity contribution is -0.128. The molecule has 3 aromatic rings. The monoisotopic (exact) mass is 484 g/mol. The van der Waals surface area contributed by atoms with Gasteiger partial charge in [-0.1, -0.05) is 6.92 Å². The van der Waals surface area contributed by atoms with Gasteiger partial charge in [0.2, 0.25) is 21.8 Å². The third-order valence-electron chi connectivity index (χ3n) is 5.98. The number of H-pyrrole nitrogens is 1. The first kappa shape index (κ1) is 23.8. The molecule has 1 atom stereocenters. The van der Waals surface area contributed by atoms with E-state index in [9.17, 15) is 18.0 Å². The number of methoxy groups -OCH3 is 1. The zero-order valence-corrected chi connectivity index (χ0v) is 19.9. The van der Waals surface area contributed by atoms with Crippen LogP contribution in [0.2, 0.25) is 0 Å². The summed E-state index contributed by atoms with van der Waals surface area (Å²) >= 11 is 0. The van der Waals surface area contributed by atoms with Gasteiger partial charge in [-0.3, -0.25) is 9.59 Å². The predicted molar refractivity (Wildman–Crippen MR) is 129 cm³/mol. The summed E-state index contributed by atoms with van der Waals surface area (Å²) in [6, 6.07) is 11.8. The number of benzene rings is 2. The van der Waals surface area contributed by atoms with Crippen molar-refractivity contribution in [3.63, 3.8) is 0 Å². The second-order valence-electron chi connectivity index (χ2n) is 8.23. The highest BCUT2D eigenvalue weighted by molar-refractivity contribution is 7.89. The first-order valence-corrected chi connectivity index (χ1v) is 12.6. The molecular formula is C24H28N4O5S.